The van der Waals surface area contributed by atoms with E-state index in [1.807, 2.05) is 0 Å². The van der Waals surface area contributed by atoms with Gasteiger partial charge < -0.3 is 5.11 Å². The standard InChI is InChI=1S/C11H22O/c1-6-7(2)9(4)11(12)10(5)8(6)3/h6-12H,1-5H3. The molecule has 0 bridgehead atoms. The van der Waals surface area contributed by atoms with E-state index in [2.05, 4.69) is 34.6 Å². The minimum Gasteiger partial charge on any atom is -0.393 e. The van der Waals surface area contributed by atoms with Crippen LogP contribution in [-0.2, 0) is 0 Å². The molecule has 4 atom stereocenters. The van der Waals surface area contributed by atoms with Crippen LogP contribution in [0.25, 0.3) is 0 Å². The highest BCUT2D eigenvalue weighted by Crippen LogP contribution is 2.41. The minimum absolute atomic E-state index is 0.0915. The number of aliphatic hydroxyl groups excluding tert-OH is 1. The molecule has 1 fully saturated rings. The van der Waals surface area contributed by atoms with E-state index in [0.717, 1.165) is 5.92 Å². The Hall–Kier alpha value is -0.0400. The number of rotatable bonds is 0. The van der Waals surface area contributed by atoms with Gasteiger partial charge in [0.25, 0.3) is 0 Å². The molecule has 1 saturated carbocycles. The molecule has 1 nitrogen and oxygen atoms in total. The van der Waals surface area contributed by atoms with Gasteiger partial charge in [-0.1, -0.05) is 34.6 Å². The molecule has 0 spiro atoms. The van der Waals surface area contributed by atoms with E-state index >= 15 is 0 Å². The topological polar surface area (TPSA) is 20.2 Å². The maximum absolute atomic E-state index is 9.90. The SMILES string of the molecule is CC1C(C)C(C)C(O)C(C)C1C. The van der Waals surface area contributed by atoms with Crippen molar-refractivity contribution in [3.8, 4) is 0 Å². The van der Waals surface area contributed by atoms with E-state index in [1.54, 1.807) is 0 Å². The first-order chi connectivity index (χ1) is 5.46. The number of hydrogen-bond donors (Lipinski definition) is 1. The van der Waals surface area contributed by atoms with Crippen molar-refractivity contribution in [3.63, 3.8) is 0 Å². The van der Waals surface area contributed by atoms with Gasteiger partial charge in [-0.15, -0.1) is 0 Å². The fourth-order valence-corrected chi connectivity index (χ4v) is 2.54. The highest BCUT2D eigenvalue weighted by Gasteiger charge is 2.39. The molecule has 12 heavy (non-hydrogen) atoms. The van der Waals surface area contributed by atoms with Crippen molar-refractivity contribution in [3.05, 3.63) is 0 Å². The molecule has 72 valence electrons. The number of aliphatic hydroxyl groups is 1. The third-order valence-electron chi connectivity index (χ3n) is 4.39. The first-order valence-corrected chi connectivity index (χ1v) is 5.14. The summed E-state index contributed by atoms with van der Waals surface area (Å²) >= 11 is 0. The average molecular weight is 170 g/mol. The van der Waals surface area contributed by atoms with Crippen molar-refractivity contribution in [2.45, 2.75) is 40.7 Å². The third kappa shape index (κ3) is 1.39. The fourth-order valence-electron chi connectivity index (χ4n) is 2.54. The first kappa shape index (κ1) is 10.0. The van der Waals surface area contributed by atoms with Crippen molar-refractivity contribution in [2.75, 3.05) is 0 Å². The Morgan fingerprint density at radius 1 is 0.583 bits per heavy atom. The van der Waals surface area contributed by atoms with E-state index in [-0.39, 0.29) is 6.10 Å². The quantitative estimate of drug-likeness (QED) is 0.592. The van der Waals surface area contributed by atoms with Crippen molar-refractivity contribution < 1.29 is 5.11 Å². The Morgan fingerprint density at radius 3 is 1.17 bits per heavy atom. The Kier molecular flexibility index (Phi) is 2.82. The van der Waals surface area contributed by atoms with Crippen LogP contribution >= 0.6 is 0 Å². The zero-order valence-corrected chi connectivity index (χ0v) is 8.91. The second kappa shape index (κ2) is 3.37. The van der Waals surface area contributed by atoms with Crippen molar-refractivity contribution in [1.29, 1.82) is 0 Å². The summed E-state index contributed by atoms with van der Waals surface area (Å²) in [5, 5.41) is 9.90. The molecule has 1 aliphatic carbocycles. The Labute approximate surface area is 76.2 Å². The van der Waals surface area contributed by atoms with Gasteiger partial charge in [-0.3, -0.25) is 0 Å². The molecule has 0 radical (unpaired) electrons. The highest BCUT2D eigenvalue weighted by molar-refractivity contribution is 4.88. The van der Waals surface area contributed by atoms with Crippen molar-refractivity contribution in [2.24, 2.45) is 29.6 Å². The summed E-state index contributed by atoms with van der Waals surface area (Å²) in [5.74, 6) is 2.99. The molecule has 4 unspecified atom stereocenters. The van der Waals surface area contributed by atoms with Gasteiger partial charge in [0.15, 0.2) is 0 Å². The van der Waals surface area contributed by atoms with Crippen LogP contribution in [0, 0.1) is 29.6 Å². The molecule has 0 aromatic carbocycles. The Bertz CT molecular complexity index is 96.6. The van der Waals surface area contributed by atoms with Crippen molar-refractivity contribution >= 4 is 0 Å². The molecule has 1 rings (SSSR count). The van der Waals surface area contributed by atoms with Gasteiger partial charge in [0, 0.05) is 0 Å². The van der Waals surface area contributed by atoms with Gasteiger partial charge in [-0.05, 0) is 29.6 Å². The van der Waals surface area contributed by atoms with Gasteiger partial charge in [0.2, 0.25) is 0 Å². The van der Waals surface area contributed by atoms with Gasteiger partial charge in [-0.2, -0.15) is 0 Å². The minimum atomic E-state index is -0.0915. The van der Waals surface area contributed by atoms with E-state index in [0.29, 0.717) is 23.7 Å². The lowest BCUT2D eigenvalue weighted by atomic mass is 9.63. The van der Waals surface area contributed by atoms with E-state index in [9.17, 15) is 5.11 Å². The summed E-state index contributed by atoms with van der Waals surface area (Å²) in [5.41, 5.74) is 0. The third-order valence-corrected chi connectivity index (χ3v) is 4.39. The molecular formula is C11H22O. The molecular weight excluding hydrogens is 148 g/mol. The van der Waals surface area contributed by atoms with Gasteiger partial charge in [0.1, 0.15) is 0 Å². The second-order valence-corrected chi connectivity index (χ2v) is 4.79. The van der Waals surface area contributed by atoms with E-state index < -0.39 is 0 Å². The molecule has 0 amide bonds. The van der Waals surface area contributed by atoms with Crippen molar-refractivity contribution in [1.82, 2.24) is 0 Å². The summed E-state index contributed by atoms with van der Waals surface area (Å²) in [6.45, 7) is 11.2. The Morgan fingerprint density at radius 2 is 0.833 bits per heavy atom. The van der Waals surface area contributed by atoms with Crippen LogP contribution in [0.2, 0.25) is 0 Å². The highest BCUT2D eigenvalue weighted by atomic mass is 16.3. The monoisotopic (exact) mass is 170 g/mol. The molecule has 1 aliphatic rings. The largest absolute Gasteiger partial charge is 0.393 e. The van der Waals surface area contributed by atoms with E-state index in [1.165, 1.54) is 0 Å². The van der Waals surface area contributed by atoms with Crippen LogP contribution < -0.4 is 0 Å². The van der Waals surface area contributed by atoms with Crippen LogP contribution in [0.1, 0.15) is 34.6 Å². The molecule has 0 saturated heterocycles. The molecule has 1 N–H and O–H groups in total. The van der Waals surface area contributed by atoms with Crippen LogP contribution in [-0.4, -0.2) is 11.2 Å². The fraction of sp³-hybridized carbons (Fsp3) is 1.00. The van der Waals surface area contributed by atoms with Crippen LogP contribution in [0.15, 0.2) is 0 Å². The number of hydrogen-bond acceptors (Lipinski definition) is 1. The molecule has 0 aliphatic heterocycles. The van der Waals surface area contributed by atoms with Crippen LogP contribution in [0.4, 0.5) is 0 Å². The van der Waals surface area contributed by atoms with Crippen LogP contribution in [0.3, 0.4) is 0 Å². The lowest BCUT2D eigenvalue weighted by Gasteiger charge is -2.44. The van der Waals surface area contributed by atoms with Gasteiger partial charge >= 0.3 is 0 Å². The predicted molar refractivity (Wildman–Crippen MR) is 51.8 cm³/mol. The summed E-state index contributed by atoms with van der Waals surface area (Å²) in [7, 11) is 0. The summed E-state index contributed by atoms with van der Waals surface area (Å²) in [6.07, 6.45) is -0.0915. The average Bonchev–Trinajstić information content (AvgIpc) is 2.08. The maximum atomic E-state index is 9.90. The summed E-state index contributed by atoms with van der Waals surface area (Å²) in [4.78, 5) is 0. The van der Waals surface area contributed by atoms with Gasteiger partial charge in [-0.25, -0.2) is 0 Å². The molecule has 0 aromatic heterocycles. The zero-order chi connectivity index (χ0) is 9.46. The normalized spacial score (nSPS) is 55.5. The van der Waals surface area contributed by atoms with Crippen LogP contribution in [0.5, 0.6) is 0 Å². The van der Waals surface area contributed by atoms with Gasteiger partial charge in [0.05, 0.1) is 6.10 Å². The lowest BCUT2D eigenvalue weighted by Crippen LogP contribution is -2.44. The first-order valence-electron chi connectivity index (χ1n) is 5.14. The Balaban J connectivity index is 2.76. The predicted octanol–water partition coefficient (Wildman–Crippen LogP) is 2.54. The molecule has 0 heterocycles. The maximum Gasteiger partial charge on any atom is 0.0596 e. The summed E-state index contributed by atoms with van der Waals surface area (Å²) < 4.78 is 0. The molecule has 0 aromatic rings. The second-order valence-electron chi connectivity index (χ2n) is 4.79. The smallest absolute Gasteiger partial charge is 0.0596 e. The lowest BCUT2D eigenvalue weighted by molar-refractivity contribution is -0.0516. The summed E-state index contributed by atoms with van der Waals surface area (Å²) in [6, 6.07) is 0. The molecule has 1 heteroatoms. The zero-order valence-electron chi connectivity index (χ0n) is 8.91. The van der Waals surface area contributed by atoms with E-state index in [4.69, 9.17) is 0 Å².